The Morgan fingerprint density at radius 3 is 1.85 bits per heavy atom. The van der Waals surface area contributed by atoms with E-state index in [-0.39, 0.29) is 79.0 Å². The minimum atomic E-state index is -0.454. The van der Waals surface area contributed by atoms with Crippen LogP contribution in [0.25, 0.3) is 0 Å². The average Bonchev–Trinajstić information content (AvgIpc) is 3.26. The molecule has 1 N–H and O–H groups in total. The number of aliphatic hydroxyl groups is 1. The van der Waals surface area contributed by atoms with Gasteiger partial charge in [-0.05, 0) is 30.6 Å². The lowest BCUT2D eigenvalue weighted by atomic mass is 9.81. The first-order valence-electron chi connectivity index (χ1n) is 13.2. The molecule has 0 aromatic rings. The fraction of sp³-hybridized carbons (Fsp3) is 1.00. The fourth-order valence-corrected chi connectivity index (χ4v) is 6.02. The fourth-order valence-electron chi connectivity index (χ4n) is 6.02. The van der Waals surface area contributed by atoms with Gasteiger partial charge in [-0.2, -0.15) is 0 Å². The van der Waals surface area contributed by atoms with Crippen LogP contribution in [-0.4, -0.2) is 67.2 Å². The maximum atomic E-state index is 10.6. The lowest BCUT2D eigenvalue weighted by molar-refractivity contribution is -0.340. The van der Waals surface area contributed by atoms with E-state index in [1.165, 1.54) is 0 Å². The van der Waals surface area contributed by atoms with E-state index in [2.05, 4.69) is 48.5 Å². The van der Waals surface area contributed by atoms with Gasteiger partial charge in [-0.1, -0.05) is 55.4 Å². The zero-order valence-corrected chi connectivity index (χ0v) is 21.7. The van der Waals surface area contributed by atoms with Crippen molar-refractivity contribution in [3.63, 3.8) is 0 Å². The maximum Gasteiger partial charge on any atom is 0.161 e. The topological polar surface area (TPSA) is 75.6 Å². The number of hydrogen-bond acceptors (Lipinski definition) is 7. The van der Waals surface area contributed by atoms with E-state index in [1.807, 2.05) is 6.92 Å². The zero-order valence-electron chi connectivity index (χ0n) is 21.7. The minimum absolute atomic E-state index is 0.0308. The molecule has 6 unspecified atom stereocenters. The normalized spacial score (nSPS) is 55.0. The van der Waals surface area contributed by atoms with Crippen LogP contribution in [0.5, 0.6) is 0 Å². The molecular formula is C26H46O7. The highest BCUT2D eigenvalue weighted by Gasteiger charge is 2.51. The summed E-state index contributed by atoms with van der Waals surface area (Å²) in [4.78, 5) is 0. The summed E-state index contributed by atoms with van der Waals surface area (Å²) in [7, 11) is 0. The Morgan fingerprint density at radius 2 is 1.21 bits per heavy atom. The second-order valence-corrected chi connectivity index (χ2v) is 11.1. The summed E-state index contributed by atoms with van der Waals surface area (Å²) >= 11 is 0. The number of rotatable bonds is 6. The molecular weight excluding hydrogens is 424 g/mol. The van der Waals surface area contributed by atoms with Crippen molar-refractivity contribution in [1.29, 1.82) is 0 Å². The van der Waals surface area contributed by atoms with Gasteiger partial charge in [0, 0.05) is 17.8 Å². The third-order valence-corrected chi connectivity index (χ3v) is 9.20. The van der Waals surface area contributed by atoms with Crippen molar-refractivity contribution in [2.45, 2.75) is 124 Å². The monoisotopic (exact) mass is 470 g/mol. The SMILES string of the molecule is CCC1O[C@@H](O[C@H]2C(CC)O[C@@H](O[C@H]3C(C)C(C)[C@@H]4OC[C@@H]3O4)C(C)[C@H]2C)C(C)[C@@H](C)[C@H]1O. The summed E-state index contributed by atoms with van der Waals surface area (Å²) in [5.41, 5.74) is 0. The molecule has 0 aliphatic carbocycles. The smallest absolute Gasteiger partial charge is 0.161 e. The second kappa shape index (κ2) is 10.4. The Hall–Kier alpha value is -0.280. The molecule has 15 atom stereocenters. The minimum Gasteiger partial charge on any atom is -0.390 e. The Bertz CT molecular complexity index is 642. The number of fused-ring (bicyclic) bond motifs is 2. The van der Waals surface area contributed by atoms with E-state index in [1.54, 1.807) is 0 Å². The molecule has 4 aliphatic heterocycles. The van der Waals surface area contributed by atoms with E-state index < -0.39 is 6.10 Å². The molecule has 4 aliphatic rings. The molecule has 33 heavy (non-hydrogen) atoms. The van der Waals surface area contributed by atoms with Gasteiger partial charge in [0.05, 0.1) is 37.1 Å². The third-order valence-electron chi connectivity index (χ3n) is 9.20. The lowest BCUT2D eigenvalue weighted by Gasteiger charge is -2.49. The van der Waals surface area contributed by atoms with Crippen LogP contribution in [0.2, 0.25) is 0 Å². The van der Waals surface area contributed by atoms with Crippen molar-refractivity contribution >= 4 is 0 Å². The van der Waals surface area contributed by atoms with Gasteiger partial charge < -0.3 is 33.5 Å². The molecule has 7 nitrogen and oxygen atoms in total. The van der Waals surface area contributed by atoms with Crippen LogP contribution in [-0.2, 0) is 28.4 Å². The van der Waals surface area contributed by atoms with Crippen molar-refractivity contribution in [3.8, 4) is 0 Å². The third kappa shape index (κ3) is 4.76. The highest BCUT2D eigenvalue weighted by molar-refractivity contribution is 4.93. The van der Waals surface area contributed by atoms with Crippen LogP contribution in [0, 0.1) is 35.5 Å². The summed E-state index contributed by atoms with van der Waals surface area (Å²) in [6.07, 6.45) is -0.0444. The second-order valence-electron chi connectivity index (χ2n) is 11.1. The standard InChI is InChI=1S/C26H46O7/c1-9-18-21(27)12(3)15(6)25(29-18)32-22-14(5)17(8)26(30-19(22)10-2)33-23-13(4)16(7)24-28-11-20(23)31-24/h12-27H,9-11H2,1-8H3/t12-,13?,14-,15?,16?,17?,18?,19?,20+,21-,22-,23+,24-,25+,26+/m1/s1. The molecule has 4 saturated heterocycles. The molecule has 0 amide bonds. The van der Waals surface area contributed by atoms with Gasteiger partial charge in [-0.25, -0.2) is 0 Å². The molecule has 192 valence electrons. The molecule has 4 rings (SSSR count). The van der Waals surface area contributed by atoms with E-state index in [0.717, 1.165) is 12.8 Å². The Labute approximate surface area is 199 Å². The molecule has 4 fully saturated rings. The number of ether oxygens (including phenoxy) is 6. The Kier molecular flexibility index (Phi) is 8.11. The first-order valence-corrected chi connectivity index (χ1v) is 13.2. The molecule has 0 radical (unpaired) electrons. The van der Waals surface area contributed by atoms with Gasteiger partial charge in [0.1, 0.15) is 6.10 Å². The first-order chi connectivity index (χ1) is 15.7. The van der Waals surface area contributed by atoms with Crippen molar-refractivity contribution in [2.24, 2.45) is 35.5 Å². The van der Waals surface area contributed by atoms with E-state index in [0.29, 0.717) is 12.5 Å². The molecule has 0 aromatic carbocycles. The lowest BCUT2D eigenvalue weighted by Crippen LogP contribution is -2.57. The van der Waals surface area contributed by atoms with Crippen LogP contribution in [0.15, 0.2) is 0 Å². The summed E-state index contributed by atoms with van der Waals surface area (Å²) < 4.78 is 37.9. The highest BCUT2D eigenvalue weighted by atomic mass is 16.8. The van der Waals surface area contributed by atoms with E-state index >= 15 is 0 Å². The van der Waals surface area contributed by atoms with Gasteiger partial charge in [0.15, 0.2) is 18.9 Å². The zero-order chi connectivity index (χ0) is 24.0. The van der Waals surface area contributed by atoms with Gasteiger partial charge in [-0.3, -0.25) is 0 Å². The molecule has 0 saturated carbocycles. The molecule has 0 spiro atoms. The quantitative estimate of drug-likeness (QED) is 0.630. The van der Waals surface area contributed by atoms with Crippen LogP contribution in [0.4, 0.5) is 0 Å². The predicted octanol–water partition coefficient (Wildman–Crippen LogP) is 3.96. The molecule has 4 heterocycles. The Morgan fingerprint density at radius 1 is 0.667 bits per heavy atom. The van der Waals surface area contributed by atoms with Crippen LogP contribution in [0.3, 0.4) is 0 Å². The maximum absolute atomic E-state index is 10.6. The van der Waals surface area contributed by atoms with Crippen LogP contribution >= 0.6 is 0 Å². The number of aliphatic hydroxyl groups excluding tert-OH is 1. The largest absolute Gasteiger partial charge is 0.390 e. The van der Waals surface area contributed by atoms with Crippen molar-refractivity contribution in [3.05, 3.63) is 0 Å². The molecule has 7 heteroatoms. The summed E-state index contributed by atoms with van der Waals surface area (Å²) in [6, 6.07) is 0. The van der Waals surface area contributed by atoms with Crippen molar-refractivity contribution in [2.75, 3.05) is 6.61 Å². The molecule has 0 aromatic heterocycles. The summed E-state index contributed by atoms with van der Waals surface area (Å²) in [5.74, 6) is 1.24. The molecule has 2 bridgehead atoms. The van der Waals surface area contributed by atoms with Gasteiger partial charge in [0.2, 0.25) is 0 Å². The summed E-state index contributed by atoms with van der Waals surface area (Å²) in [6.45, 7) is 17.8. The summed E-state index contributed by atoms with van der Waals surface area (Å²) in [5, 5.41) is 10.6. The van der Waals surface area contributed by atoms with E-state index in [4.69, 9.17) is 28.4 Å². The van der Waals surface area contributed by atoms with Crippen molar-refractivity contribution < 1.29 is 33.5 Å². The highest BCUT2D eigenvalue weighted by Crippen LogP contribution is 2.42. The first kappa shape index (κ1) is 25.8. The number of hydrogen-bond donors (Lipinski definition) is 1. The van der Waals surface area contributed by atoms with Crippen LogP contribution < -0.4 is 0 Å². The van der Waals surface area contributed by atoms with Gasteiger partial charge >= 0.3 is 0 Å². The Balaban J connectivity index is 1.44. The van der Waals surface area contributed by atoms with E-state index in [9.17, 15) is 5.11 Å². The van der Waals surface area contributed by atoms with Crippen LogP contribution in [0.1, 0.15) is 68.2 Å². The van der Waals surface area contributed by atoms with Crippen molar-refractivity contribution in [1.82, 2.24) is 0 Å². The average molecular weight is 471 g/mol. The van der Waals surface area contributed by atoms with Gasteiger partial charge in [0.25, 0.3) is 0 Å². The van der Waals surface area contributed by atoms with Gasteiger partial charge in [-0.15, -0.1) is 0 Å². The predicted molar refractivity (Wildman–Crippen MR) is 123 cm³/mol.